The third-order valence-electron chi connectivity index (χ3n) is 1.72. The Morgan fingerprint density at radius 2 is 1.56 bits per heavy atom. The van der Waals surface area contributed by atoms with E-state index < -0.39 is 0 Å². The van der Waals surface area contributed by atoms with E-state index in [-0.39, 0.29) is 0 Å². The lowest BCUT2D eigenvalue weighted by atomic mass is 10.3. The lowest BCUT2D eigenvalue weighted by Crippen LogP contribution is -2.33. The van der Waals surface area contributed by atoms with Crippen molar-refractivity contribution in [3.8, 4) is 0 Å². The van der Waals surface area contributed by atoms with Crippen LogP contribution in [0.1, 0.15) is 27.2 Å². The summed E-state index contributed by atoms with van der Waals surface area (Å²) in [5.74, 6) is 0. The van der Waals surface area contributed by atoms with E-state index in [1.807, 2.05) is 20.8 Å². The van der Waals surface area contributed by atoms with Crippen LogP contribution in [0.15, 0.2) is 10.2 Å². The van der Waals surface area contributed by atoms with Crippen molar-refractivity contribution in [3.05, 3.63) is 0 Å². The van der Waals surface area contributed by atoms with Gasteiger partial charge in [0.1, 0.15) is 0 Å². The first-order valence-electron chi connectivity index (χ1n) is 5.81. The van der Waals surface area contributed by atoms with Gasteiger partial charge in [0.15, 0.2) is 10.2 Å². The van der Waals surface area contributed by atoms with Crippen molar-refractivity contribution in [2.45, 2.75) is 27.2 Å². The summed E-state index contributed by atoms with van der Waals surface area (Å²) in [6, 6.07) is 0. The largest absolute Gasteiger partial charge is 0.362 e. The van der Waals surface area contributed by atoms with Crippen LogP contribution in [0.3, 0.4) is 0 Å². The molecule has 0 aromatic rings. The summed E-state index contributed by atoms with van der Waals surface area (Å²) in [6.07, 6.45) is 2.34. The number of rotatable bonds is 6. The Morgan fingerprint density at radius 3 is 2.06 bits per heavy atom. The van der Waals surface area contributed by atoms with Crippen molar-refractivity contribution in [2.75, 3.05) is 13.1 Å². The van der Waals surface area contributed by atoms with Crippen LogP contribution in [-0.4, -0.2) is 35.2 Å². The minimum atomic E-state index is 0.486. The summed E-state index contributed by atoms with van der Waals surface area (Å²) in [5.41, 5.74) is 6.20. The Kier molecular flexibility index (Phi) is 10.1. The van der Waals surface area contributed by atoms with Crippen LogP contribution in [0.25, 0.3) is 0 Å². The molecule has 0 spiro atoms. The van der Waals surface area contributed by atoms with Crippen LogP contribution < -0.4 is 21.5 Å². The number of thiocarbonyl (C=S) groups is 2. The third kappa shape index (κ3) is 8.82. The van der Waals surface area contributed by atoms with Crippen molar-refractivity contribution in [1.29, 1.82) is 0 Å². The van der Waals surface area contributed by atoms with Crippen molar-refractivity contribution >= 4 is 46.6 Å². The Labute approximate surface area is 119 Å². The minimum Gasteiger partial charge on any atom is -0.362 e. The average molecular weight is 288 g/mol. The number of nitrogens with one attached hydrogen (secondary N) is 4. The molecule has 0 aliphatic rings. The number of hydrogen-bond donors (Lipinski definition) is 4. The Morgan fingerprint density at radius 1 is 1.00 bits per heavy atom. The smallest absolute Gasteiger partial charge is 0.186 e. The van der Waals surface area contributed by atoms with Gasteiger partial charge < -0.3 is 10.6 Å². The topological polar surface area (TPSA) is 72.8 Å². The van der Waals surface area contributed by atoms with Gasteiger partial charge in [0, 0.05) is 13.1 Å². The molecule has 0 aromatic carbocycles. The van der Waals surface area contributed by atoms with E-state index in [1.54, 1.807) is 6.21 Å². The first-order valence-corrected chi connectivity index (χ1v) is 6.62. The van der Waals surface area contributed by atoms with Gasteiger partial charge in [-0.15, -0.1) is 0 Å². The number of hydrogen-bond acceptors (Lipinski definition) is 4. The molecule has 0 heterocycles. The van der Waals surface area contributed by atoms with E-state index in [0.717, 1.165) is 25.2 Å². The lowest BCUT2D eigenvalue weighted by Gasteiger charge is -2.05. The first-order chi connectivity index (χ1) is 8.63. The molecule has 0 fully saturated rings. The van der Waals surface area contributed by atoms with Crippen molar-refractivity contribution in [1.82, 2.24) is 21.5 Å². The van der Waals surface area contributed by atoms with E-state index in [0.29, 0.717) is 10.2 Å². The molecule has 0 amide bonds. The number of hydrazone groups is 2. The third-order valence-corrected chi connectivity index (χ3v) is 2.19. The SMILES string of the molecule is CCNC(=S)NN=CC(CC)=NNC(=S)NCC. The zero-order valence-electron chi connectivity index (χ0n) is 10.9. The van der Waals surface area contributed by atoms with Crippen LogP contribution in [0.2, 0.25) is 0 Å². The van der Waals surface area contributed by atoms with Crippen molar-refractivity contribution in [3.63, 3.8) is 0 Å². The molecule has 0 aliphatic heterocycles. The fourth-order valence-electron chi connectivity index (χ4n) is 0.887. The molecule has 0 atom stereocenters. The number of nitrogens with zero attached hydrogens (tertiary/aromatic N) is 2. The fraction of sp³-hybridized carbons (Fsp3) is 0.600. The maximum absolute atomic E-state index is 4.99. The molecular weight excluding hydrogens is 268 g/mol. The van der Waals surface area contributed by atoms with Gasteiger partial charge in [-0.2, -0.15) is 10.2 Å². The van der Waals surface area contributed by atoms with Crippen molar-refractivity contribution in [2.24, 2.45) is 10.2 Å². The van der Waals surface area contributed by atoms with Gasteiger partial charge in [0.25, 0.3) is 0 Å². The highest BCUT2D eigenvalue weighted by Crippen LogP contribution is 1.81. The Hall–Kier alpha value is -1.28. The van der Waals surface area contributed by atoms with Gasteiger partial charge in [-0.05, 0) is 44.7 Å². The molecule has 0 rings (SSSR count). The summed E-state index contributed by atoms with van der Waals surface area (Å²) in [6.45, 7) is 7.42. The molecule has 0 unspecified atom stereocenters. The van der Waals surface area contributed by atoms with Crippen LogP contribution in [0.4, 0.5) is 0 Å². The van der Waals surface area contributed by atoms with E-state index in [9.17, 15) is 0 Å². The van der Waals surface area contributed by atoms with Gasteiger partial charge in [-0.3, -0.25) is 10.9 Å². The molecule has 6 nitrogen and oxygen atoms in total. The molecule has 0 saturated carbocycles. The molecule has 4 N–H and O–H groups in total. The second-order valence-electron chi connectivity index (χ2n) is 3.16. The molecule has 0 aliphatic carbocycles. The Balaban J connectivity index is 4.16. The summed E-state index contributed by atoms with van der Waals surface area (Å²) in [4.78, 5) is 0. The summed E-state index contributed by atoms with van der Waals surface area (Å²) < 4.78 is 0. The van der Waals surface area contributed by atoms with Gasteiger partial charge in [0.2, 0.25) is 0 Å². The van der Waals surface area contributed by atoms with Crippen LogP contribution >= 0.6 is 24.4 Å². The van der Waals surface area contributed by atoms with E-state index >= 15 is 0 Å². The van der Waals surface area contributed by atoms with Gasteiger partial charge >= 0.3 is 0 Å². The molecule has 102 valence electrons. The minimum absolute atomic E-state index is 0.486. The summed E-state index contributed by atoms with van der Waals surface area (Å²) in [7, 11) is 0. The van der Waals surface area contributed by atoms with Crippen LogP contribution in [-0.2, 0) is 0 Å². The normalized spacial score (nSPS) is 11.2. The maximum Gasteiger partial charge on any atom is 0.186 e. The monoisotopic (exact) mass is 288 g/mol. The highest BCUT2D eigenvalue weighted by Gasteiger charge is 1.94. The van der Waals surface area contributed by atoms with E-state index in [1.165, 1.54) is 0 Å². The van der Waals surface area contributed by atoms with Gasteiger partial charge in [0.05, 0.1) is 11.9 Å². The van der Waals surface area contributed by atoms with Crippen molar-refractivity contribution < 1.29 is 0 Å². The zero-order chi connectivity index (χ0) is 13.8. The highest BCUT2D eigenvalue weighted by molar-refractivity contribution is 7.80. The highest BCUT2D eigenvalue weighted by atomic mass is 32.1. The van der Waals surface area contributed by atoms with Crippen LogP contribution in [0.5, 0.6) is 0 Å². The van der Waals surface area contributed by atoms with Crippen LogP contribution in [0, 0.1) is 0 Å². The Bertz CT molecular complexity index is 326. The van der Waals surface area contributed by atoms with E-state index in [4.69, 9.17) is 24.4 Å². The second kappa shape index (κ2) is 10.8. The quantitative estimate of drug-likeness (QED) is 0.328. The molecule has 0 saturated heterocycles. The molecule has 0 radical (unpaired) electrons. The zero-order valence-corrected chi connectivity index (χ0v) is 12.5. The molecule has 0 aromatic heterocycles. The standard InChI is InChI=1S/C10H20N6S2/c1-4-8(14-16-10(18)12-6-3)7-13-15-9(17)11-5-2/h7H,4-6H2,1-3H3,(H2,11,15,17)(H2,12,16,18). The maximum atomic E-state index is 4.99. The molecule has 0 bridgehead atoms. The van der Waals surface area contributed by atoms with E-state index in [2.05, 4.69) is 31.7 Å². The predicted octanol–water partition coefficient (Wildman–Crippen LogP) is 0.706. The molecular formula is C10H20N6S2. The lowest BCUT2D eigenvalue weighted by molar-refractivity contribution is 0.896. The molecule has 18 heavy (non-hydrogen) atoms. The predicted molar refractivity (Wildman–Crippen MR) is 85.0 cm³/mol. The molecule has 8 heteroatoms. The fourth-order valence-corrected chi connectivity index (χ4v) is 1.27. The summed E-state index contributed by atoms with van der Waals surface area (Å²) >= 11 is 9.95. The second-order valence-corrected chi connectivity index (χ2v) is 3.97. The summed E-state index contributed by atoms with van der Waals surface area (Å²) in [5, 5.41) is 14.9. The van der Waals surface area contributed by atoms with Gasteiger partial charge in [-0.25, -0.2) is 0 Å². The van der Waals surface area contributed by atoms with Gasteiger partial charge in [-0.1, -0.05) is 6.92 Å². The first kappa shape index (κ1) is 16.7. The average Bonchev–Trinajstić information content (AvgIpc) is 2.34.